The molecule has 2 aromatic carbocycles. The molecule has 3 rings (SSSR count). The monoisotopic (exact) mass is 384 g/mol. The van der Waals surface area contributed by atoms with Crippen LogP contribution in [-0.4, -0.2) is 32.1 Å². The molecule has 0 saturated carbocycles. The predicted octanol–water partition coefficient (Wildman–Crippen LogP) is 3.64. The van der Waals surface area contributed by atoms with E-state index in [0.717, 1.165) is 37.3 Å². The highest BCUT2D eigenvalue weighted by molar-refractivity contribution is 5.79. The number of aliphatic imine (C=N–C) groups is 1. The number of nitrogens with zero attached hydrogens (tertiary/aromatic N) is 2. The molecule has 0 aliphatic carbocycles. The summed E-state index contributed by atoms with van der Waals surface area (Å²) in [5, 5.41) is 6.35. The number of benzene rings is 2. The standard InChI is InChI=1S/C22H26F2N4/c1-2-25-22(26-12-11-18-15-19(23)7-10-21(18)24)27-16-17-5-8-20(9-6-17)28-13-3-4-14-28/h3-10,15H,2,11-14,16H2,1H3,(H2,25,26,27). The molecule has 2 aromatic rings. The Morgan fingerprint density at radius 2 is 1.79 bits per heavy atom. The van der Waals surface area contributed by atoms with E-state index in [9.17, 15) is 8.78 Å². The minimum atomic E-state index is -0.426. The van der Waals surface area contributed by atoms with E-state index in [-0.39, 0.29) is 0 Å². The zero-order chi connectivity index (χ0) is 19.8. The number of guanidine groups is 1. The van der Waals surface area contributed by atoms with Gasteiger partial charge in [0.05, 0.1) is 6.54 Å². The molecule has 0 unspecified atom stereocenters. The Balaban J connectivity index is 1.54. The zero-order valence-corrected chi connectivity index (χ0v) is 16.1. The van der Waals surface area contributed by atoms with E-state index in [2.05, 4.69) is 56.9 Å². The van der Waals surface area contributed by atoms with Crippen LogP contribution in [0.4, 0.5) is 14.5 Å². The molecular weight excluding hydrogens is 358 g/mol. The van der Waals surface area contributed by atoms with Crippen LogP contribution in [0.3, 0.4) is 0 Å². The molecular formula is C22H26F2N4. The first-order chi connectivity index (χ1) is 13.7. The van der Waals surface area contributed by atoms with Gasteiger partial charge in [-0.2, -0.15) is 0 Å². The van der Waals surface area contributed by atoms with Gasteiger partial charge < -0.3 is 15.5 Å². The minimum Gasteiger partial charge on any atom is -0.364 e. The first-order valence-electron chi connectivity index (χ1n) is 9.60. The fourth-order valence-corrected chi connectivity index (χ4v) is 3.06. The lowest BCUT2D eigenvalue weighted by molar-refractivity contribution is 0.583. The lowest BCUT2D eigenvalue weighted by atomic mass is 10.1. The summed E-state index contributed by atoms with van der Waals surface area (Å²) in [5.74, 6) is -0.157. The van der Waals surface area contributed by atoms with E-state index in [1.165, 1.54) is 11.8 Å². The number of hydrogen-bond donors (Lipinski definition) is 2. The number of hydrogen-bond acceptors (Lipinski definition) is 2. The van der Waals surface area contributed by atoms with Gasteiger partial charge in [-0.05, 0) is 54.8 Å². The highest BCUT2D eigenvalue weighted by Crippen LogP contribution is 2.18. The van der Waals surface area contributed by atoms with Gasteiger partial charge in [-0.15, -0.1) is 0 Å². The fraction of sp³-hybridized carbons (Fsp3) is 0.318. The summed E-state index contributed by atoms with van der Waals surface area (Å²) in [6, 6.07) is 11.9. The number of anilines is 1. The van der Waals surface area contributed by atoms with Gasteiger partial charge in [0.2, 0.25) is 0 Å². The van der Waals surface area contributed by atoms with E-state index in [4.69, 9.17) is 0 Å². The van der Waals surface area contributed by atoms with E-state index in [0.29, 0.717) is 31.0 Å². The summed E-state index contributed by atoms with van der Waals surface area (Å²) >= 11 is 0. The highest BCUT2D eigenvalue weighted by atomic mass is 19.1. The normalized spacial score (nSPS) is 13.8. The van der Waals surface area contributed by atoms with Crippen LogP contribution < -0.4 is 15.5 Å². The Kier molecular flexibility index (Phi) is 7.00. The first-order valence-corrected chi connectivity index (χ1v) is 9.60. The molecule has 4 nitrogen and oxygen atoms in total. The summed E-state index contributed by atoms with van der Waals surface area (Å²) < 4.78 is 27.0. The molecule has 0 spiro atoms. The van der Waals surface area contributed by atoms with Crippen LogP contribution in [0.5, 0.6) is 0 Å². The van der Waals surface area contributed by atoms with Crippen LogP contribution in [0.2, 0.25) is 0 Å². The lowest BCUT2D eigenvalue weighted by Gasteiger charge is -2.17. The highest BCUT2D eigenvalue weighted by Gasteiger charge is 2.07. The van der Waals surface area contributed by atoms with Gasteiger partial charge >= 0.3 is 0 Å². The van der Waals surface area contributed by atoms with Crippen molar-refractivity contribution in [3.63, 3.8) is 0 Å². The second-order valence-corrected chi connectivity index (χ2v) is 6.65. The molecule has 0 atom stereocenters. The summed E-state index contributed by atoms with van der Waals surface area (Å²) in [7, 11) is 0. The van der Waals surface area contributed by atoms with Crippen molar-refractivity contribution in [2.75, 3.05) is 31.1 Å². The van der Waals surface area contributed by atoms with Crippen LogP contribution in [0.25, 0.3) is 0 Å². The third-order valence-electron chi connectivity index (χ3n) is 4.58. The van der Waals surface area contributed by atoms with Crippen LogP contribution in [0.1, 0.15) is 18.1 Å². The van der Waals surface area contributed by atoms with Crippen molar-refractivity contribution in [1.29, 1.82) is 0 Å². The fourth-order valence-electron chi connectivity index (χ4n) is 3.06. The molecule has 0 fully saturated rings. The Morgan fingerprint density at radius 1 is 1.04 bits per heavy atom. The number of nitrogens with one attached hydrogen (secondary N) is 2. The molecule has 0 radical (unpaired) electrons. The second kappa shape index (κ2) is 9.88. The molecule has 0 bridgehead atoms. The zero-order valence-electron chi connectivity index (χ0n) is 16.1. The molecule has 148 valence electrons. The minimum absolute atomic E-state index is 0.357. The maximum Gasteiger partial charge on any atom is 0.191 e. The van der Waals surface area contributed by atoms with E-state index >= 15 is 0 Å². The molecule has 2 N–H and O–H groups in total. The molecule has 1 aliphatic rings. The van der Waals surface area contributed by atoms with Crippen LogP contribution in [0, 0.1) is 11.6 Å². The van der Waals surface area contributed by atoms with Crippen LogP contribution in [0.15, 0.2) is 59.6 Å². The van der Waals surface area contributed by atoms with E-state index in [1.54, 1.807) is 0 Å². The van der Waals surface area contributed by atoms with E-state index in [1.807, 2.05) is 6.92 Å². The van der Waals surface area contributed by atoms with Gasteiger partial charge in [0.15, 0.2) is 5.96 Å². The first kappa shape index (κ1) is 19.9. The second-order valence-electron chi connectivity index (χ2n) is 6.65. The summed E-state index contributed by atoms with van der Waals surface area (Å²) in [6.07, 6.45) is 4.72. The molecule has 28 heavy (non-hydrogen) atoms. The average Bonchev–Trinajstić information content (AvgIpc) is 3.24. The maximum atomic E-state index is 13.7. The molecule has 1 heterocycles. The van der Waals surface area contributed by atoms with Crippen molar-refractivity contribution in [3.05, 3.63) is 77.4 Å². The van der Waals surface area contributed by atoms with Gasteiger partial charge in [-0.25, -0.2) is 13.8 Å². The van der Waals surface area contributed by atoms with Gasteiger partial charge in [-0.1, -0.05) is 24.3 Å². The van der Waals surface area contributed by atoms with Gasteiger partial charge in [0.1, 0.15) is 11.6 Å². The van der Waals surface area contributed by atoms with Crippen molar-refractivity contribution >= 4 is 11.6 Å². The summed E-state index contributed by atoms with van der Waals surface area (Å²) in [5.41, 5.74) is 2.68. The van der Waals surface area contributed by atoms with Crippen molar-refractivity contribution < 1.29 is 8.78 Å². The Labute approximate surface area is 165 Å². The van der Waals surface area contributed by atoms with Crippen molar-refractivity contribution in [3.8, 4) is 0 Å². The lowest BCUT2D eigenvalue weighted by Crippen LogP contribution is -2.38. The van der Waals surface area contributed by atoms with Crippen molar-refractivity contribution in [2.24, 2.45) is 4.99 Å². The average molecular weight is 384 g/mol. The van der Waals surface area contributed by atoms with Gasteiger partial charge in [-0.3, -0.25) is 0 Å². The molecule has 0 amide bonds. The predicted molar refractivity (Wildman–Crippen MR) is 111 cm³/mol. The van der Waals surface area contributed by atoms with Gasteiger partial charge in [0.25, 0.3) is 0 Å². The summed E-state index contributed by atoms with van der Waals surface area (Å²) in [6.45, 7) is 5.63. The van der Waals surface area contributed by atoms with E-state index < -0.39 is 11.6 Å². The largest absolute Gasteiger partial charge is 0.364 e. The Morgan fingerprint density at radius 3 is 2.50 bits per heavy atom. The molecule has 1 aliphatic heterocycles. The van der Waals surface area contributed by atoms with Crippen LogP contribution in [-0.2, 0) is 13.0 Å². The van der Waals surface area contributed by atoms with Crippen molar-refractivity contribution in [1.82, 2.24) is 10.6 Å². The summed E-state index contributed by atoms with van der Waals surface area (Å²) in [4.78, 5) is 6.88. The SMILES string of the molecule is CCNC(=NCc1ccc(N2CC=CC2)cc1)NCCc1cc(F)ccc1F. The number of rotatable bonds is 7. The third kappa shape index (κ3) is 5.55. The van der Waals surface area contributed by atoms with Gasteiger partial charge in [0, 0.05) is 31.9 Å². The molecule has 0 aromatic heterocycles. The topological polar surface area (TPSA) is 39.7 Å². The van der Waals surface area contributed by atoms with Crippen molar-refractivity contribution in [2.45, 2.75) is 19.9 Å². The molecule has 0 saturated heterocycles. The molecule has 6 heteroatoms. The Bertz CT molecular complexity index is 823. The third-order valence-corrected chi connectivity index (χ3v) is 4.58. The number of halogens is 2. The quantitative estimate of drug-likeness (QED) is 0.435. The maximum absolute atomic E-state index is 13.7. The Hall–Kier alpha value is -2.89. The van der Waals surface area contributed by atoms with Crippen LogP contribution >= 0.6 is 0 Å². The smallest absolute Gasteiger partial charge is 0.191 e.